The largest absolute Gasteiger partial charge is 0.356 e. The topological polar surface area (TPSA) is 78.4 Å². The van der Waals surface area contributed by atoms with Gasteiger partial charge in [-0.25, -0.2) is 4.98 Å². The van der Waals surface area contributed by atoms with Crippen LogP contribution in [0.3, 0.4) is 0 Å². The van der Waals surface area contributed by atoms with E-state index in [0.29, 0.717) is 30.7 Å². The normalized spacial score (nSPS) is 12.0. The number of thiophene rings is 1. The van der Waals surface area contributed by atoms with Crippen LogP contribution in [-0.2, 0) is 4.79 Å². The van der Waals surface area contributed by atoms with E-state index in [1.54, 1.807) is 30.6 Å². The molecule has 6 nitrogen and oxygen atoms in total. The second-order valence-electron chi connectivity index (χ2n) is 5.86. The zero-order valence-electron chi connectivity index (χ0n) is 15.3. The minimum atomic E-state index is -0.0778. The lowest BCUT2D eigenvalue weighted by Gasteiger charge is -2.15. The molecule has 0 saturated heterocycles. The molecule has 0 spiro atoms. The highest BCUT2D eigenvalue weighted by Gasteiger charge is 2.08. The van der Waals surface area contributed by atoms with Crippen LogP contribution in [0.25, 0.3) is 0 Å². The van der Waals surface area contributed by atoms with Crippen LogP contribution in [0.1, 0.15) is 30.4 Å². The first-order chi connectivity index (χ1) is 12.1. The quantitative estimate of drug-likeness (QED) is 0.318. The maximum absolute atomic E-state index is 11.9. The van der Waals surface area contributed by atoms with E-state index in [-0.39, 0.29) is 29.9 Å². The average molecular weight is 487 g/mol. The highest BCUT2D eigenvalue weighted by atomic mass is 127. The van der Waals surface area contributed by atoms with Crippen molar-refractivity contribution in [3.63, 3.8) is 0 Å². The smallest absolute Gasteiger partial charge is 0.227 e. The number of pyridine rings is 1. The van der Waals surface area contributed by atoms with E-state index in [0.717, 1.165) is 12.1 Å². The second-order valence-corrected chi connectivity index (χ2v) is 6.64. The molecule has 0 radical (unpaired) electrons. The zero-order valence-corrected chi connectivity index (χ0v) is 18.4. The summed E-state index contributed by atoms with van der Waals surface area (Å²) in [5, 5.41) is 13.5. The maximum Gasteiger partial charge on any atom is 0.227 e. The molecule has 142 valence electrons. The second kappa shape index (κ2) is 11.8. The molecular formula is C18H26IN5OS. The number of aliphatic imine (C=N–C) groups is 1. The minimum absolute atomic E-state index is 0. The Kier molecular flexibility index (Phi) is 10.2. The molecule has 1 amide bonds. The van der Waals surface area contributed by atoms with Gasteiger partial charge in [-0.15, -0.1) is 24.0 Å². The van der Waals surface area contributed by atoms with Crippen molar-refractivity contribution < 1.29 is 4.79 Å². The van der Waals surface area contributed by atoms with E-state index in [9.17, 15) is 4.79 Å². The zero-order chi connectivity index (χ0) is 18.1. The fraction of sp³-hybridized carbons (Fsp3) is 0.389. The molecule has 2 aromatic heterocycles. The molecular weight excluding hydrogens is 461 g/mol. The van der Waals surface area contributed by atoms with E-state index in [1.165, 1.54) is 5.56 Å². The van der Waals surface area contributed by atoms with Crippen molar-refractivity contribution in [3.8, 4) is 0 Å². The van der Waals surface area contributed by atoms with Crippen molar-refractivity contribution in [1.82, 2.24) is 15.6 Å². The van der Waals surface area contributed by atoms with Crippen molar-refractivity contribution in [2.24, 2.45) is 4.99 Å². The third kappa shape index (κ3) is 7.69. The monoisotopic (exact) mass is 487 g/mol. The lowest BCUT2D eigenvalue weighted by atomic mass is 10.1. The Balaban J connectivity index is 0.00000338. The molecule has 1 unspecified atom stereocenters. The lowest BCUT2D eigenvalue weighted by Crippen LogP contribution is -2.40. The molecule has 8 heteroatoms. The molecule has 0 aromatic carbocycles. The van der Waals surface area contributed by atoms with Gasteiger partial charge < -0.3 is 16.0 Å². The van der Waals surface area contributed by atoms with Gasteiger partial charge >= 0.3 is 0 Å². The SMILES string of the molecule is CN=C(NCCC(=O)Nc1ccc(C)cn1)NCC(C)c1ccsc1.I. The van der Waals surface area contributed by atoms with Gasteiger partial charge in [0.1, 0.15) is 5.82 Å². The third-order valence-corrected chi connectivity index (χ3v) is 4.44. The van der Waals surface area contributed by atoms with E-state index in [1.807, 2.05) is 13.0 Å². The predicted octanol–water partition coefficient (Wildman–Crippen LogP) is 3.37. The van der Waals surface area contributed by atoms with Gasteiger partial charge in [0.15, 0.2) is 5.96 Å². The summed E-state index contributed by atoms with van der Waals surface area (Å²) in [6.07, 6.45) is 2.07. The van der Waals surface area contributed by atoms with Gasteiger partial charge in [-0.1, -0.05) is 13.0 Å². The Hall–Kier alpha value is -1.68. The number of aryl methyl sites for hydroxylation is 1. The molecule has 0 fully saturated rings. The first-order valence-corrected chi connectivity index (χ1v) is 9.22. The standard InChI is InChI=1S/C18H25N5OS.HI/c1-13-4-5-16(21-10-13)23-17(24)6-8-20-18(19-3)22-11-14(2)15-7-9-25-12-15;/h4-5,7,9-10,12,14H,6,8,11H2,1-3H3,(H2,19,20,22)(H,21,23,24);1H. The number of rotatable bonds is 7. The number of hydrogen-bond donors (Lipinski definition) is 3. The Morgan fingerprint density at radius 1 is 1.31 bits per heavy atom. The summed E-state index contributed by atoms with van der Waals surface area (Å²) in [7, 11) is 1.72. The van der Waals surface area contributed by atoms with E-state index in [2.05, 4.69) is 49.7 Å². The molecule has 0 saturated carbocycles. The molecule has 0 aliphatic rings. The molecule has 2 aromatic rings. The van der Waals surface area contributed by atoms with Crippen LogP contribution in [0.2, 0.25) is 0 Å². The van der Waals surface area contributed by atoms with E-state index >= 15 is 0 Å². The molecule has 0 aliphatic carbocycles. The van der Waals surface area contributed by atoms with Crippen LogP contribution in [-0.4, -0.2) is 37.0 Å². The maximum atomic E-state index is 11.9. The van der Waals surface area contributed by atoms with Crippen LogP contribution >= 0.6 is 35.3 Å². The summed E-state index contributed by atoms with van der Waals surface area (Å²) in [5.41, 5.74) is 2.38. The third-order valence-electron chi connectivity index (χ3n) is 3.73. The molecule has 2 rings (SSSR count). The number of halogens is 1. The van der Waals surface area contributed by atoms with Crippen LogP contribution in [0.4, 0.5) is 5.82 Å². The predicted molar refractivity (Wildman–Crippen MR) is 120 cm³/mol. The molecule has 0 bridgehead atoms. The first-order valence-electron chi connectivity index (χ1n) is 8.27. The summed E-state index contributed by atoms with van der Waals surface area (Å²) in [4.78, 5) is 20.3. The van der Waals surface area contributed by atoms with Crippen molar-refractivity contribution in [2.75, 3.05) is 25.5 Å². The Bertz CT molecular complexity index is 688. The number of hydrogen-bond acceptors (Lipinski definition) is 4. The van der Waals surface area contributed by atoms with Gasteiger partial charge in [0.25, 0.3) is 0 Å². The number of anilines is 1. The van der Waals surface area contributed by atoms with Gasteiger partial charge in [-0.05, 0) is 46.9 Å². The van der Waals surface area contributed by atoms with Gasteiger partial charge in [-0.3, -0.25) is 9.79 Å². The number of aromatic nitrogens is 1. The number of carbonyl (C=O) groups excluding carboxylic acids is 1. The first kappa shape index (κ1) is 22.4. The molecule has 1 atom stereocenters. The lowest BCUT2D eigenvalue weighted by molar-refractivity contribution is -0.116. The summed E-state index contributed by atoms with van der Waals surface area (Å²) in [6, 6.07) is 5.85. The number of carbonyl (C=O) groups is 1. The highest BCUT2D eigenvalue weighted by Crippen LogP contribution is 2.16. The summed E-state index contributed by atoms with van der Waals surface area (Å²) in [6.45, 7) is 5.42. The fourth-order valence-electron chi connectivity index (χ4n) is 2.19. The number of amides is 1. The van der Waals surface area contributed by atoms with Crippen LogP contribution in [0, 0.1) is 6.92 Å². The van der Waals surface area contributed by atoms with Gasteiger partial charge in [0.2, 0.25) is 5.91 Å². The molecule has 3 N–H and O–H groups in total. The van der Waals surface area contributed by atoms with E-state index in [4.69, 9.17) is 0 Å². The highest BCUT2D eigenvalue weighted by molar-refractivity contribution is 14.0. The van der Waals surface area contributed by atoms with Crippen molar-refractivity contribution in [3.05, 3.63) is 46.3 Å². The molecule has 0 aliphatic heterocycles. The molecule has 2 heterocycles. The van der Waals surface area contributed by atoms with Gasteiger partial charge in [-0.2, -0.15) is 11.3 Å². The number of nitrogens with one attached hydrogen (secondary N) is 3. The average Bonchev–Trinajstić information content (AvgIpc) is 3.14. The Morgan fingerprint density at radius 3 is 2.73 bits per heavy atom. The van der Waals surface area contributed by atoms with Crippen molar-refractivity contribution in [1.29, 1.82) is 0 Å². The molecule has 26 heavy (non-hydrogen) atoms. The Morgan fingerprint density at radius 2 is 2.12 bits per heavy atom. The van der Waals surface area contributed by atoms with Crippen LogP contribution in [0.5, 0.6) is 0 Å². The van der Waals surface area contributed by atoms with Gasteiger partial charge in [0, 0.05) is 32.8 Å². The number of nitrogens with zero attached hydrogens (tertiary/aromatic N) is 2. The number of guanidine groups is 1. The summed E-state index contributed by atoms with van der Waals surface area (Å²) < 4.78 is 0. The van der Waals surface area contributed by atoms with Crippen molar-refractivity contribution in [2.45, 2.75) is 26.2 Å². The fourth-order valence-corrected chi connectivity index (χ4v) is 2.97. The Labute approximate surface area is 175 Å². The van der Waals surface area contributed by atoms with Crippen LogP contribution in [0.15, 0.2) is 40.1 Å². The minimum Gasteiger partial charge on any atom is -0.356 e. The summed E-state index contributed by atoms with van der Waals surface area (Å²) in [5.74, 6) is 1.60. The summed E-state index contributed by atoms with van der Waals surface area (Å²) >= 11 is 1.70. The van der Waals surface area contributed by atoms with E-state index < -0.39 is 0 Å². The van der Waals surface area contributed by atoms with Crippen LogP contribution < -0.4 is 16.0 Å². The van der Waals surface area contributed by atoms with Crippen molar-refractivity contribution >= 4 is 53.0 Å². The van der Waals surface area contributed by atoms with Gasteiger partial charge in [0.05, 0.1) is 0 Å².